The lowest BCUT2D eigenvalue weighted by Crippen LogP contribution is -2.25. The number of hydrogen-bond acceptors (Lipinski definition) is 0. The molecule has 0 N–H and O–H groups in total. The minimum absolute atomic E-state index is 0.419. The van der Waals surface area contributed by atoms with Gasteiger partial charge in [-0.15, -0.1) is 0 Å². The third-order valence-corrected chi connectivity index (χ3v) is 6.31. The van der Waals surface area contributed by atoms with Crippen LogP contribution in [0, 0.1) is 5.92 Å². The molecule has 4 atom stereocenters. The van der Waals surface area contributed by atoms with Crippen molar-refractivity contribution >= 4 is 47.8 Å². The molecule has 0 radical (unpaired) electrons. The predicted molar refractivity (Wildman–Crippen MR) is 74.1 cm³/mol. The second-order valence-electron chi connectivity index (χ2n) is 4.08. The monoisotopic (exact) mass is 390 g/mol. The quantitative estimate of drug-likeness (QED) is 0.551. The van der Waals surface area contributed by atoms with Gasteiger partial charge in [0.15, 0.2) is 0 Å². The molecule has 0 aromatic heterocycles. The average Bonchev–Trinajstić information content (AvgIpc) is 2.47. The first-order valence-electron chi connectivity index (χ1n) is 4.94. The molecule has 15 heavy (non-hydrogen) atoms. The van der Waals surface area contributed by atoms with Crippen LogP contribution in [-0.2, 0) is 0 Å². The summed E-state index contributed by atoms with van der Waals surface area (Å²) < 4.78 is 1.33. The van der Waals surface area contributed by atoms with E-state index in [0.717, 1.165) is 0 Å². The average molecular weight is 393 g/mol. The summed E-state index contributed by atoms with van der Waals surface area (Å²) in [4.78, 5) is 0.939. The van der Waals surface area contributed by atoms with E-state index in [4.69, 9.17) is 0 Å². The van der Waals surface area contributed by atoms with E-state index in [9.17, 15) is 0 Å². The standard InChI is InChI=1S/C12H9Br3/c13-9-5-8-6-3-1-2-4-7(6)11(14)10(9)12(8)15/h1-5,8,10-12H/t8-,10+,11-,12-/m0/s1. The molecule has 3 heteroatoms. The maximum absolute atomic E-state index is 3.82. The molecule has 3 rings (SSSR count). The molecule has 0 spiro atoms. The van der Waals surface area contributed by atoms with Crippen molar-refractivity contribution in [3.05, 3.63) is 46.0 Å². The van der Waals surface area contributed by atoms with E-state index in [2.05, 4.69) is 78.1 Å². The van der Waals surface area contributed by atoms with Crippen molar-refractivity contribution in [2.24, 2.45) is 5.92 Å². The molecule has 0 saturated heterocycles. The van der Waals surface area contributed by atoms with Gasteiger partial charge in [-0.2, -0.15) is 0 Å². The lowest BCUT2D eigenvalue weighted by molar-refractivity contribution is 0.571. The number of halogens is 3. The Labute approximate surface area is 115 Å². The maximum atomic E-state index is 3.82. The van der Waals surface area contributed by atoms with Crippen LogP contribution in [0.3, 0.4) is 0 Å². The molecule has 0 amide bonds. The van der Waals surface area contributed by atoms with E-state index in [1.165, 1.54) is 15.6 Å². The molecule has 78 valence electrons. The number of allylic oxidation sites excluding steroid dienone is 2. The summed E-state index contributed by atoms with van der Waals surface area (Å²) in [5.41, 5.74) is 2.89. The highest BCUT2D eigenvalue weighted by molar-refractivity contribution is 9.12. The van der Waals surface area contributed by atoms with Gasteiger partial charge in [0.05, 0.1) is 0 Å². The zero-order chi connectivity index (χ0) is 10.6. The Balaban J connectivity index is 2.21. The molecule has 1 aromatic rings. The van der Waals surface area contributed by atoms with Crippen molar-refractivity contribution in [2.75, 3.05) is 0 Å². The highest BCUT2D eigenvalue weighted by atomic mass is 79.9. The fraction of sp³-hybridized carbons (Fsp3) is 0.333. The summed E-state index contributed by atoms with van der Waals surface area (Å²) in [6.07, 6.45) is 2.34. The fourth-order valence-corrected chi connectivity index (χ4v) is 6.58. The van der Waals surface area contributed by atoms with Crippen LogP contribution in [0.1, 0.15) is 21.9 Å². The summed E-state index contributed by atoms with van der Waals surface area (Å²) in [7, 11) is 0. The Hall–Kier alpha value is 0.400. The van der Waals surface area contributed by atoms with Gasteiger partial charge in [0, 0.05) is 21.5 Å². The summed E-state index contributed by atoms with van der Waals surface area (Å²) in [6.45, 7) is 0. The van der Waals surface area contributed by atoms with Crippen LogP contribution in [0.15, 0.2) is 34.8 Å². The van der Waals surface area contributed by atoms with Gasteiger partial charge in [-0.25, -0.2) is 0 Å². The van der Waals surface area contributed by atoms with Gasteiger partial charge >= 0.3 is 0 Å². The molecule has 1 aromatic carbocycles. The van der Waals surface area contributed by atoms with Gasteiger partial charge in [-0.05, 0) is 15.6 Å². The first kappa shape index (κ1) is 10.5. The zero-order valence-electron chi connectivity index (χ0n) is 7.83. The van der Waals surface area contributed by atoms with Crippen molar-refractivity contribution in [2.45, 2.75) is 15.6 Å². The Bertz CT molecular complexity index is 438. The Kier molecular flexibility index (Phi) is 2.61. The Morgan fingerprint density at radius 3 is 2.40 bits per heavy atom. The molecule has 2 aliphatic carbocycles. The summed E-state index contributed by atoms with van der Waals surface area (Å²) >= 11 is 11.3. The number of alkyl halides is 2. The predicted octanol–water partition coefficient (Wildman–Crippen LogP) is 4.89. The van der Waals surface area contributed by atoms with E-state index < -0.39 is 0 Å². The number of fused-ring (bicyclic) bond motifs is 4. The maximum Gasteiger partial charge on any atom is 0.0482 e. The van der Waals surface area contributed by atoms with E-state index in [1.54, 1.807) is 0 Å². The van der Waals surface area contributed by atoms with Crippen LogP contribution in [0.4, 0.5) is 0 Å². The second kappa shape index (κ2) is 3.71. The molecule has 0 heterocycles. The molecular formula is C12H9Br3. The Morgan fingerprint density at radius 1 is 1.00 bits per heavy atom. The third-order valence-electron chi connectivity index (χ3n) is 3.31. The van der Waals surface area contributed by atoms with Crippen LogP contribution < -0.4 is 0 Å². The molecule has 0 aliphatic heterocycles. The second-order valence-corrected chi connectivity index (χ2v) is 7.04. The van der Waals surface area contributed by atoms with Gasteiger partial charge in [0.25, 0.3) is 0 Å². The summed E-state index contributed by atoms with van der Waals surface area (Å²) in [5.74, 6) is 1.05. The Morgan fingerprint density at radius 2 is 1.67 bits per heavy atom. The van der Waals surface area contributed by atoms with Crippen LogP contribution in [0.25, 0.3) is 0 Å². The van der Waals surface area contributed by atoms with Crippen LogP contribution in [-0.4, -0.2) is 4.83 Å². The molecular weight excluding hydrogens is 384 g/mol. The van der Waals surface area contributed by atoms with Crippen molar-refractivity contribution in [1.29, 1.82) is 0 Å². The molecule has 2 aliphatic rings. The highest BCUT2D eigenvalue weighted by Crippen LogP contribution is 2.57. The fourth-order valence-electron chi connectivity index (χ4n) is 2.57. The number of hydrogen-bond donors (Lipinski definition) is 0. The smallest absolute Gasteiger partial charge is 0.0482 e. The van der Waals surface area contributed by atoms with E-state index in [1.807, 2.05) is 0 Å². The number of benzene rings is 1. The molecule has 0 nitrogen and oxygen atoms in total. The van der Waals surface area contributed by atoms with Crippen molar-refractivity contribution in [3.63, 3.8) is 0 Å². The summed E-state index contributed by atoms with van der Waals surface area (Å²) in [5, 5.41) is 0. The summed E-state index contributed by atoms with van der Waals surface area (Å²) in [6, 6.07) is 8.71. The molecule has 0 saturated carbocycles. The van der Waals surface area contributed by atoms with Crippen molar-refractivity contribution in [1.82, 2.24) is 0 Å². The normalized spacial score (nSPS) is 37.4. The lowest BCUT2D eigenvalue weighted by atomic mass is 9.82. The van der Waals surface area contributed by atoms with E-state index in [0.29, 0.717) is 21.5 Å². The minimum Gasteiger partial charge on any atom is -0.0873 e. The van der Waals surface area contributed by atoms with Crippen molar-refractivity contribution in [3.8, 4) is 0 Å². The first-order valence-corrected chi connectivity index (χ1v) is 7.57. The first-order chi connectivity index (χ1) is 7.20. The van der Waals surface area contributed by atoms with Gasteiger partial charge in [0.2, 0.25) is 0 Å². The van der Waals surface area contributed by atoms with E-state index >= 15 is 0 Å². The molecule has 2 bridgehead atoms. The van der Waals surface area contributed by atoms with Gasteiger partial charge < -0.3 is 0 Å². The van der Waals surface area contributed by atoms with Crippen molar-refractivity contribution < 1.29 is 0 Å². The SMILES string of the molecule is BrC1=C[C@H]2c3ccccc3[C@H](Br)[C@@H]1[C@H]2Br. The minimum atomic E-state index is 0.419. The third kappa shape index (κ3) is 1.43. The molecule has 0 unspecified atom stereocenters. The van der Waals surface area contributed by atoms with Crippen LogP contribution in [0.2, 0.25) is 0 Å². The van der Waals surface area contributed by atoms with E-state index in [-0.39, 0.29) is 0 Å². The molecule has 0 fully saturated rings. The van der Waals surface area contributed by atoms with Crippen LogP contribution >= 0.6 is 47.8 Å². The van der Waals surface area contributed by atoms with Gasteiger partial charge in [-0.3, -0.25) is 0 Å². The van der Waals surface area contributed by atoms with Crippen LogP contribution in [0.5, 0.6) is 0 Å². The topological polar surface area (TPSA) is 0 Å². The van der Waals surface area contributed by atoms with Gasteiger partial charge in [-0.1, -0.05) is 78.1 Å². The number of rotatable bonds is 0. The lowest BCUT2D eigenvalue weighted by Gasteiger charge is -2.33. The highest BCUT2D eigenvalue weighted by Gasteiger charge is 2.45. The van der Waals surface area contributed by atoms with Gasteiger partial charge in [0.1, 0.15) is 0 Å². The zero-order valence-corrected chi connectivity index (χ0v) is 12.6. The largest absolute Gasteiger partial charge is 0.0873 e.